The second-order valence-electron chi connectivity index (χ2n) is 7.93. The van der Waals surface area contributed by atoms with Crippen molar-refractivity contribution in [1.29, 1.82) is 0 Å². The maximum Gasteiger partial charge on any atom is 0.254 e. The number of nitrogens with zero attached hydrogens (tertiary/aromatic N) is 2. The Kier molecular flexibility index (Phi) is 8.05. The summed E-state index contributed by atoms with van der Waals surface area (Å²) in [6.07, 6.45) is 3.22. The zero-order valence-corrected chi connectivity index (χ0v) is 19.1. The van der Waals surface area contributed by atoms with Gasteiger partial charge in [-0.25, -0.2) is 0 Å². The molecule has 2 amide bonds. The fourth-order valence-electron chi connectivity index (χ4n) is 4.36. The third-order valence-corrected chi connectivity index (χ3v) is 6.67. The van der Waals surface area contributed by atoms with Crippen LogP contribution in [0.25, 0.3) is 0 Å². The molecule has 1 aromatic carbocycles. The number of rotatable bonds is 10. The van der Waals surface area contributed by atoms with E-state index in [1.54, 1.807) is 23.3 Å². The summed E-state index contributed by atoms with van der Waals surface area (Å²) < 4.78 is 0. The summed E-state index contributed by atoms with van der Waals surface area (Å²) in [5, 5.41) is 5.16. The summed E-state index contributed by atoms with van der Waals surface area (Å²) in [7, 11) is 1.80. The lowest BCUT2D eigenvalue weighted by Gasteiger charge is -2.39. The molecule has 6 heteroatoms. The molecule has 162 valence electrons. The minimum absolute atomic E-state index is 0.00210. The van der Waals surface area contributed by atoms with Crippen molar-refractivity contribution in [2.24, 2.45) is 0 Å². The van der Waals surface area contributed by atoms with Crippen LogP contribution in [-0.2, 0) is 4.79 Å². The largest absolute Gasteiger partial charge is 0.355 e. The summed E-state index contributed by atoms with van der Waals surface area (Å²) >= 11 is 1.59. The maximum absolute atomic E-state index is 13.4. The zero-order chi connectivity index (χ0) is 21.5. The fraction of sp³-hybridized carbons (Fsp3) is 0.500. The highest BCUT2D eigenvalue weighted by molar-refractivity contribution is 7.10. The normalized spacial score (nSPS) is 18.5. The molecular weight excluding hydrogens is 394 g/mol. The molecule has 0 fully saturated rings. The van der Waals surface area contributed by atoms with E-state index in [9.17, 15) is 9.59 Å². The fourth-order valence-corrected chi connectivity index (χ4v) is 5.27. The number of carbonyl (C=O) groups is 2. The highest BCUT2D eigenvalue weighted by Gasteiger charge is 2.42. The van der Waals surface area contributed by atoms with Crippen LogP contribution >= 0.6 is 11.3 Å². The molecule has 0 saturated heterocycles. The topological polar surface area (TPSA) is 52.7 Å². The Morgan fingerprint density at radius 3 is 2.50 bits per heavy atom. The van der Waals surface area contributed by atoms with Crippen LogP contribution in [0, 0.1) is 0 Å². The third kappa shape index (κ3) is 4.93. The number of nitrogens with one attached hydrogen (secondary N) is 1. The van der Waals surface area contributed by atoms with Crippen molar-refractivity contribution in [3.63, 3.8) is 0 Å². The molecular formula is C24H33N3O2S. The van der Waals surface area contributed by atoms with Crippen LogP contribution in [0.3, 0.4) is 0 Å². The molecule has 2 atom stereocenters. The van der Waals surface area contributed by atoms with Gasteiger partial charge in [0.1, 0.15) is 0 Å². The van der Waals surface area contributed by atoms with Crippen LogP contribution in [0.4, 0.5) is 0 Å². The first-order valence-corrected chi connectivity index (χ1v) is 11.9. The predicted octanol–water partition coefficient (Wildman–Crippen LogP) is 4.29. The van der Waals surface area contributed by atoms with Gasteiger partial charge < -0.3 is 15.1 Å². The summed E-state index contributed by atoms with van der Waals surface area (Å²) in [6.45, 7) is 8.25. The molecule has 0 aliphatic carbocycles. The Morgan fingerprint density at radius 1 is 1.10 bits per heavy atom. The molecule has 2 aromatic rings. The Labute approximate surface area is 184 Å². The minimum atomic E-state index is -0.398. The maximum atomic E-state index is 13.4. The lowest BCUT2D eigenvalue weighted by molar-refractivity contribution is -0.124. The lowest BCUT2D eigenvalue weighted by Crippen LogP contribution is -2.45. The van der Waals surface area contributed by atoms with Crippen LogP contribution in [0.2, 0.25) is 0 Å². The van der Waals surface area contributed by atoms with Crippen molar-refractivity contribution in [3.05, 3.63) is 57.8 Å². The van der Waals surface area contributed by atoms with Crippen molar-refractivity contribution < 1.29 is 9.59 Å². The van der Waals surface area contributed by atoms with Gasteiger partial charge in [-0.2, -0.15) is 0 Å². The van der Waals surface area contributed by atoms with Gasteiger partial charge in [0.15, 0.2) is 0 Å². The van der Waals surface area contributed by atoms with Crippen LogP contribution in [0.1, 0.15) is 65.9 Å². The molecule has 2 unspecified atom stereocenters. The van der Waals surface area contributed by atoms with Crippen LogP contribution in [0.5, 0.6) is 0 Å². The number of carbonyl (C=O) groups excluding carboxylic acids is 2. The Morgan fingerprint density at radius 2 is 1.83 bits per heavy atom. The molecule has 5 nitrogen and oxygen atoms in total. The first-order valence-electron chi connectivity index (χ1n) is 11.0. The van der Waals surface area contributed by atoms with Crippen LogP contribution in [-0.4, -0.2) is 54.8 Å². The van der Waals surface area contributed by atoms with Gasteiger partial charge in [-0.1, -0.05) is 38.1 Å². The molecule has 1 aliphatic rings. The SMILES string of the molecule is CCCN(CCC)CCCNC(=O)C1c2ccccc2C(=O)N(C)C1c1cccs1. The van der Waals surface area contributed by atoms with E-state index in [4.69, 9.17) is 0 Å². The van der Waals surface area contributed by atoms with Gasteiger partial charge in [-0.05, 0) is 62.0 Å². The molecule has 1 aliphatic heterocycles. The number of fused-ring (bicyclic) bond motifs is 1. The van der Waals surface area contributed by atoms with Crippen molar-refractivity contribution >= 4 is 23.2 Å². The molecule has 2 heterocycles. The van der Waals surface area contributed by atoms with Gasteiger partial charge in [0.2, 0.25) is 5.91 Å². The van der Waals surface area contributed by atoms with E-state index >= 15 is 0 Å². The summed E-state index contributed by atoms with van der Waals surface area (Å²) in [5.41, 5.74) is 1.46. The molecule has 1 aromatic heterocycles. The number of thiophene rings is 1. The second-order valence-corrected chi connectivity index (χ2v) is 8.91. The molecule has 30 heavy (non-hydrogen) atoms. The van der Waals surface area contributed by atoms with E-state index in [0.717, 1.165) is 49.3 Å². The van der Waals surface area contributed by atoms with Gasteiger partial charge in [-0.3, -0.25) is 9.59 Å². The predicted molar refractivity (Wildman–Crippen MR) is 123 cm³/mol. The Bertz CT molecular complexity index is 831. The van der Waals surface area contributed by atoms with Gasteiger partial charge in [0.05, 0.1) is 12.0 Å². The monoisotopic (exact) mass is 427 g/mol. The number of amides is 2. The summed E-state index contributed by atoms with van der Waals surface area (Å²) in [4.78, 5) is 31.5. The first kappa shape index (κ1) is 22.5. The first-order chi connectivity index (χ1) is 14.6. The lowest BCUT2D eigenvalue weighted by atomic mass is 9.81. The number of likely N-dealkylation sites (N-methyl/N-ethyl adjacent to an activating group) is 1. The second kappa shape index (κ2) is 10.7. The highest BCUT2D eigenvalue weighted by Crippen LogP contribution is 2.43. The van der Waals surface area contributed by atoms with Crippen LogP contribution < -0.4 is 5.32 Å². The van der Waals surface area contributed by atoms with Gasteiger partial charge >= 0.3 is 0 Å². The van der Waals surface area contributed by atoms with Gasteiger partial charge in [0, 0.05) is 24.0 Å². The molecule has 1 N–H and O–H groups in total. The van der Waals surface area contributed by atoms with E-state index in [1.165, 1.54) is 0 Å². The van der Waals surface area contributed by atoms with Gasteiger partial charge in [-0.15, -0.1) is 11.3 Å². The summed E-state index contributed by atoms with van der Waals surface area (Å²) in [6, 6.07) is 11.2. The number of hydrogen-bond donors (Lipinski definition) is 1. The van der Waals surface area contributed by atoms with Crippen LogP contribution in [0.15, 0.2) is 41.8 Å². The quantitative estimate of drug-likeness (QED) is 0.576. The molecule has 0 radical (unpaired) electrons. The number of benzene rings is 1. The molecule has 0 spiro atoms. The van der Waals surface area contributed by atoms with E-state index in [2.05, 4.69) is 24.1 Å². The van der Waals surface area contributed by atoms with E-state index in [-0.39, 0.29) is 17.9 Å². The average Bonchev–Trinajstić information content (AvgIpc) is 3.28. The van der Waals surface area contributed by atoms with Crippen molar-refractivity contribution in [3.8, 4) is 0 Å². The molecule has 0 bridgehead atoms. The van der Waals surface area contributed by atoms with E-state index < -0.39 is 5.92 Å². The van der Waals surface area contributed by atoms with E-state index in [1.807, 2.05) is 41.8 Å². The van der Waals surface area contributed by atoms with Gasteiger partial charge in [0.25, 0.3) is 5.91 Å². The summed E-state index contributed by atoms with van der Waals surface area (Å²) in [5.74, 6) is -0.425. The third-order valence-electron chi connectivity index (χ3n) is 5.73. The van der Waals surface area contributed by atoms with Crippen molar-refractivity contribution in [1.82, 2.24) is 15.1 Å². The number of hydrogen-bond acceptors (Lipinski definition) is 4. The smallest absolute Gasteiger partial charge is 0.254 e. The molecule has 3 rings (SSSR count). The van der Waals surface area contributed by atoms with Crippen molar-refractivity contribution in [2.45, 2.75) is 45.1 Å². The highest BCUT2D eigenvalue weighted by atomic mass is 32.1. The Balaban J connectivity index is 1.74. The average molecular weight is 428 g/mol. The van der Waals surface area contributed by atoms with Crippen molar-refractivity contribution in [2.75, 3.05) is 33.2 Å². The van der Waals surface area contributed by atoms with E-state index in [0.29, 0.717) is 12.1 Å². The zero-order valence-electron chi connectivity index (χ0n) is 18.3. The Hall–Kier alpha value is -2.18. The standard InChI is InChI=1S/C24H33N3O2S/c1-4-14-27(15-5-2)16-9-13-25-23(28)21-18-10-6-7-11-19(18)24(29)26(3)22(21)20-12-8-17-30-20/h6-8,10-12,17,21-22H,4-5,9,13-16H2,1-3H3,(H,25,28). The minimum Gasteiger partial charge on any atom is -0.355 e. The molecule has 0 saturated carbocycles.